The molecule has 0 aromatic heterocycles. The maximum atomic E-state index is 12.6. The Morgan fingerprint density at radius 1 is 1.15 bits per heavy atom. The summed E-state index contributed by atoms with van der Waals surface area (Å²) >= 11 is 0. The molecule has 0 atom stereocenters. The molecule has 0 radical (unpaired) electrons. The molecule has 26 heavy (non-hydrogen) atoms. The highest BCUT2D eigenvalue weighted by Crippen LogP contribution is 2.25. The summed E-state index contributed by atoms with van der Waals surface area (Å²) in [6.07, 6.45) is 1.28. The van der Waals surface area contributed by atoms with Gasteiger partial charge < -0.3 is 15.0 Å². The molecule has 1 aliphatic heterocycles. The summed E-state index contributed by atoms with van der Waals surface area (Å²) < 4.78 is 4.72. The molecule has 0 spiro atoms. The van der Waals surface area contributed by atoms with Gasteiger partial charge in [0.05, 0.1) is 12.7 Å². The SMILES string of the molecule is COC(=O)c1ccc(C)c(NC(=O)C2CCN(C(=O)C(C)(C)C)CC2)c1. The molecule has 0 bridgehead atoms. The number of piperidine rings is 1. The fraction of sp³-hybridized carbons (Fsp3) is 0.550. The van der Waals surface area contributed by atoms with Crippen LogP contribution < -0.4 is 5.32 Å². The molecule has 1 aromatic rings. The standard InChI is InChI=1S/C20H28N2O4/c1-13-6-7-15(18(24)26-5)12-16(13)21-17(23)14-8-10-22(11-9-14)19(25)20(2,3)4/h6-7,12,14H,8-11H2,1-5H3,(H,21,23). The zero-order valence-electron chi connectivity index (χ0n) is 16.2. The fourth-order valence-electron chi connectivity index (χ4n) is 3.06. The van der Waals surface area contributed by atoms with Gasteiger partial charge in [0.1, 0.15) is 0 Å². The minimum absolute atomic E-state index is 0.0713. The number of rotatable bonds is 3. The monoisotopic (exact) mass is 360 g/mol. The molecular weight excluding hydrogens is 332 g/mol. The number of carbonyl (C=O) groups excluding carboxylic acids is 3. The Bertz CT molecular complexity index is 698. The van der Waals surface area contributed by atoms with Gasteiger partial charge in [-0.05, 0) is 37.5 Å². The highest BCUT2D eigenvalue weighted by atomic mass is 16.5. The molecule has 1 N–H and O–H groups in total. The first-order chi connectivity index (χ1) is 12.1. The van der Waals surface area contributed by atoms with Gasteiger partial charge in [-0.1, -0.05) is 26.8 Å². The number of aryl methyl sites for hydroxylation is 1. The molecule has 1 saturated heterocycles. The molecule has 6 nitrogen and oxygen atoms in total. The molecule has 6 heteroatoms. The predicted molar refractivity (Wildman–Crippen MR) is 99.9 cm³/mol. The summed E-state index contributed by atoms with van der Waals surface area (Å²) in [5, 5.41) is 2.92. The van der Waals surface area contributed by atoms with E-state index in [1.165, 1.54) is 7.11 Å². The lowest BCUT2D eigenvalue weighted by molar-refractivity contribution is -0.142. The minimum Gasteiger partial charge on any atom is -0.465 e. The Balaban J connectivity index is 2.00. The van der Waals surface area contributed by atoms with E-state index in [9.17, 15) is 14.4 Å². The van der Waals surface area contributed by atoms with Crippen molar-refractivity contribution in [2.75, 3.05) is 25.5 Å². The van der Waals surface area contributed by atoms with E-state index in [-0.39, 0.29) is 17.7 Å². The number of methoxy groups -OCH3 is 1. The quantitative estimate of drug-likeness (QED) is 0.841. The van der Waals surface area contributed by atoms with E-state index < -0.39 is 11.4 Å². The van der Waals surface area contributed by atoms with Crippen molar-refractivity contribution in [1.29, 1.82) is 0 Å². The van der Waals surface area contributed by atoms with E-state index in [4.69, 9.17) is 4.74 Å². The zero-order valence-corrected chi connectivity index (χ0v) is 16.2. The van der Waals surface area contributed by atoms with Gasteiger partial charge in [0.15, 0.2) is 0 Å². The van der Waals surface area contributed by atoms with Gasteiger partial charge in [0, 0.05) is 30.1 Å². The Hall–Kier alpha value is -2.37. The van der Waals surface area contributed by atoms with E-state index in [1.807, 2.05) is 32.6 Å². The average molecular weight is 360 g/mol. The molecule has 0 unspecified atom stereocenters. The third kappa shape index (κ3) is 4.62. The second kappa shape index (κ2) is 7.89. The largest absolute Gasteiger partial charge is 0.465 e. The summed E-state index contributed by atoms with van der Waals surface area (Å²) in [5.74, 6) is -0.523. The van der Waals surface area contributed by atoms with E-state index in [0.29, 0.717) is 37.2 Å². The van der Waals surface area contributed by atoms with Gasteiger partial charge in [0.25, 0.3) is 0 Å². The van der Waals surface area contributed by atoms with E-state index in [1.54, 1.807) is 18.2 Å². The first-order valence-corrected chi connectivity index (χ1v) is 8.92. The maximum Gasteiger partial charge on any atom is 0.337 e. The normalized spacial score (nSPS) is 15.5. The Morgan fingerprint density at radius 2 is 1.77 bits per heavy atom. The van der Waals surface area contributed by atoms with Crippen molar-refractivity contribution < 1.29 is 19.1 Å². The van der Waals surface area contributed by atoms with Crippen LogP contribution in [0.4, 0.5) is 5.69 Å². The Labute approximate surface area is 154 Å². The van der Waals surface area contributed by atoms with Crippen LogP contribution in [0.1, 0.15) is 49.5 Å². The first kappa shape index (κ1) is 19.9. The maximum absolute atomic E-state index is 12.6. The van der Waals surface area contributed by atoms with Crippen LogP contribution in [-0.2, 0) is 14.3 Å². The second-order valence-electron chi connectivity index (χ2n) is 7.83. The molecule has 1 aromatic carbocycles. The Kier molecular flexibility index (Phi) is 6.05. The Morgan fingerprint density at radius 3 is 2.31 bits per heavy atom. The summed E-state index contributed by atoms with van der Waals surface area (Å²) in [6, 6.07) is 5.09. The molecule has 1 heterocycles. The van der Waals surface area contributed by atoms with Gasteiger partial charge in [-0.25, -0.2) is 4.79 Å². The van der Waals surface area contributed by atoms with Crippen molar-refractivity contribution in [2.24, 2.45) is 11.3 Å². The van der Waals surface area contributed by atoms with Crippen molar-refractivity contribution in [1.82, 2.24) is 4.90 Å². The van der Waals surface area contributed by atoms with Crippen molar-refractivity contribution in [3.8, 4) is 0 Å². The van der Waals surface area contributed by atoms with Gasteiger partial charge in [-0.15, -0.1) is 0 Å². The second-order valence-corrected chi connectivity index (χ2v) is 7.83. The number of benzene rings is 1. The van der Waals surface area contributed by atoms with Gasteiger partial charge in [-0.3, -0.25) is 9.59 Å². The number of likely N-dealkylation sites (tertiary alicyclic amines) is 1. The highest BCUT2D eigenvalue weighted by molar-refractivity contribution is 5.96. The van der Waals surface area contributed by atoms with Crippen molar-refractivity contribution >= 4 is 23.5 Å². The average Bonchev–Trinajstić information content (AvgIpc) is 2.61. The van der Waals surface area contributed by atoms with Crippen molar-refractivity contribution in [3.63, 3.8) is 0 Å². The summed E-state index contributed by atoms with van der Waals surface area (Å²) in [4.78, 5) is 38.5. The predicted octanol–water partition coefficient (Wildman–Crippen LogP) is 3.00. The summed E-state index contributed by atoms with van der Waals surface area (Å²) in [7, 11) is 1.33. The zero-order chi connectivity index (χ0) is 19.5. The molecule has 1 aliphatic rings. The highest BCUT2D eigenvalue weighted by Gasteiger charge is 2.32. The molecule has 0 saturated carbocycles. The van der Waals surface area contributed by atoms with E-state index in [2.05, 4.69) is 5.32 Å². The number of carbonyl (C=O) groups is 3. The topological polar surface area (TPSA) is 75.7 Å². The van der Waals surface area contributed by atoms with Crippen LogP contribution >= 0.6 is 0 Å². The number of hydrogen-bond donors (Lipinski definition) is 1. The first-order valence-electron chi connectivity index (χ1n) is 8.92. The van der Waals surface area contributed by atoms with Crippen LogP contribution in [0.25, 0.3) is 0 Å². The van der Waals surface area contributed by atoms with Crippen LogP contribution in [-0.4, -0.2) is 42.9 Å². The minimum atomic E-state index is -0.436. The van der Waals surface area contributed by atoms with Gasteiger partial charge >= 0.3 is 5.97 Å². The summed E-state index contributed by atoms with van der Waals surface area (Å²) in [5.41, 5.74) is 1.50. The number of amides is 2. The number of esters is 1. The molecule has 1 fully saturated rings. The van der Waals surface area contributed by atoms with E-state index in [0.717, 1.165) is 5.56 Å². The molecular formula is C20H28N2O4. The number of nitrogens with zero attached hydrogens (tertiary/aromatic N) is 1. The van der Waals surface area contributed by atoms with Crippen molar-refractivity contribution in [3.05, 3.63) is 29.3 Å². The number of anilines is 1. The van der Waals surface area contributed by atoms with Crippen LogP contribution in [0.5, 0.6) is 0 Å². The smallest absolute Gasteiger partial charge is 0.337 e. The van der Waals surface area contributed by atoms with Gasteiger partial charge in [-0.2, -0.15) is 0 Å². The third-order valence-electron chi connectivity index (χ3n) is 4.71. The van der Waals surface area contributed by atoms with Crippen LogP contribution in [0.15, 0.2) is 18.2 Å². The lowest BCUT2D eigenvalue weighted by Crippen LogP contribution is -2.45. The lowest BCUT2D eigenvalue weighted by Gasteiger charge is -2.35. The molecule has 2 rings (SSSR count). The fourth-order valence-corrected chi connectivity index (χ4v) is 3.06. The molecule has 142 valence electrons. The third-order valence-corrected chi connectivity index (χ3v) is 4.71. The lowest BCUT2D eigenvalue weighted by atomic mass is 9.90. The molecule has 2 amide bonds. The van der Waals surface area contributed by atoms with Crippen LogP contribution in [0.3, 0.4) is 0 Å². The van der Waals surface area contributed by atoms with Crippen LogP contribution in [0.2, 0.25) is 0 Å². The number of hydrogen-bond acceptors (Lipinski definition) is 4. The molecule has 0 aliphatic carbocycles. The van der Waals surface area contributed by atoms with Crippen LogP contribution in [0, 0.1) is 18.3 Å². The van der Waals surface area contributed by atoms with Crippen molar-refractivity contribution in [2.45, 2.75) is 40.5 Å². The van der Waals surface area contributed by atoms with E-state index >= 15 is 0 Å². The van der Waals surface area contributed by atoms with Gasteiger partial charge in [0.2, 0.25) is 11.8 Å². The number of nitrogens with one attached hydrogen (secondary N) is 1. The summed E-state index contributed by atoms with van der Waals surface area (Å²) in [6.45, 7) is 8.79. The number of ether oxygens (including phenoxy) is 1.